The van der Waals surface area contributed by atoms with Gasteiger partial charge in [-0.15, -0.1) is 35.0 Å². The summed E-state index contributed by atoms with van der Waals surface area (Å²) in [5.74, 6) is 0.942. The highest BCUT2D eigenvalue weighted by molar-refractivity contribution is 6.29. The molecule has 0 spiro atoms. The molecule has 2 saturated heterocycles. The van der Waals surface area contributed by atoms with Gasteiger partial charge in [0.1, 0.15) is 0 Å². The fourth-order valence-corrected chi connectivity index (χ4v) is 2.56. The first-order valence-corrected chi connectivity index (χ1v) is 5.69. The second-order valence-electron chi connectivity index (χ2n) is 4.26. The molecule has 0 amide bonds. The summed E-state index contributed by atoms with van der Waals surface area (Å²) in [5, 5.41) is 12.0. The number of hydrogen-bond acceptors (Lipinski definition) is 4. The van der Waals surface area contributed by atoms with E-state index in [-0.39, 0.29) is 24.8 Å². The van der Waals surface area contributed by atoms with Gasteiger partial charge in [-0.05, 0) is 25.0 Å². The average molecular weight is 298 g/mol. The van der Waals surface area contributed by atoms with Crippen LogP contribution in [0.3, 0.4) is 0 Å². The fourth-order valence-electron chi connectivity index (χ4n) is 2.46. The van der Waals surface area contributed by atoms with Crippen LogP contribution in [0.1, 0.15) is 12.8 Å². The highest BCUT2D eigenvalue weighted by atomic mass is 35.5. The topological polar surface area (TPSA) is 41.0 Å². The molecule has 1 N–H and O–H groups in total. The largest absolute Gasteiger partial charge is 0.352 e. The van der Waals surface area contributed by atoms with Crippen LogP contribution in [-0.2, 0) is 0 Å². The van der Waals surface area contributed by atoms with Crippen molar-refractivity contribution in [1.29, 1.82) is 0 Å². The summed E-state index contributed by atoms with van der Waals surface area (Å²) in [6.45, 7) is 2.07. The summed E-state index contributed by atoms with van der Waals surface area (Å²) in [7, 11) is 0. The molecule has 0 radical (unpaired) electrons. The molecule has 0 aliphatic carbocycles. The predicted octanol–water partition coefficient (Wildman–Crippen LogP) is 1.91. The minimum atomic E-state index is 0. The Hall–Kier alpha value is -0.290. The van der Waals surface area contributed by atoms with Gasteiger partial charge in [0.05, 0.1) is 0 Å². The standard InChI is InChI=1S/C10H13ClN4.2ClH/c11-9-3-4-10(14-13-9)15-5-7-1-2-8(6-15)12-7;;/h3-4,7-8,12H,1-2,5-6H2;2*1H. The zero-order chi connectivity index (χ0) is 10.3. The molecule has 3 rings (SSSR count). The van der Waals surface area contributed by atoms with Crippen LogP contribution in [0.25, 0.3) is 0 Å². The van der Waals surface area contributed by atoms with Crippen molar-refractivity contribution in [1.82, 2.24) is 15.5 Å². The molecule has 0 saturated carbocycles. The van der Waals surface area contributed by atoms with Gasteiger partial charge in [-0.2, -0.15) is 0 Å². The second kappa shape index (κ2) is 6.05. The van der Waals surface area contributed by atoms with Crippen molar-refractivity contribution in [2.75, 3.05) is 18.0 Å². The van der Waals surface area contributed by atoms with Gasteiger partial charge in [-0.3, -0.25) is 0 Å². The maximum Gasteiger partial charge on any atom is 0.151 e. The Morgan fingerprint density at radius 2 is 1.76 bits per heavy atom. The van der Waals surface area contributed by atoms with E-state index in [9.17, 15) is 0 Å². The lowest BCUT2D eigenvalue weighted by Gasteiger charge is -2.33. The number of anilines is 1. The lowest BCUT2D eigenvalue weighted by atomic mass is 10.2. The lowest BCUT2D eigenvalue weighted by Crippen LogP contribution is -2.51. The smallest absolute Gasteiger partial charge is 0.151 e. The first-order valence-electron chi connectivity index (χ1n) is 5.31. The number of hydrogen-bond donors (Lipinski definition) is 1. The minimum Gasteiger partial charge on any atom is -0.352 e. The number of fused-ring (bicyclic) bond motifs is 2. The Balaban J connectivity index is 0.000000722. The van der Waals surface area contributed by atoms with Crippen molar-refractivity contribution in [2.24, 2.45) is 0 Å². The zero-order valence-electron chi connectivity index (χ0n) is 9.17. The quantitative estimate of drug-likeness (QED) is 0.860. The number of nitrogens with one attached hydrogen (secondary N) is 1. The van der Waals surface area contributed by atoms with E-state index < -0.39 is 0 Å². The van der Waals surface area contributed by atoms with Crippen LogP contribution >= 0.6 is 36.4 Å². The maximum atomic E-state index is 5.72. The predicted molar refractivity (Wildman–Crippen MR) is 73.7 cm³/mol. The molecule has 7 heteroatoms. The Labute approximate surface area is 118 Å². The van der Waals surface area contributed by atoms with Gasteiger partial charge in [0.25, 0.3) is 0 Å². The molecular weight excluding hydrogens is 282 g/mol. The SMILES string of the molecule is Cl.Cl.Clc1ccc(N2CC3CCC(C2)N3)nn1. The Morgan fingerprint density at radius 3 is 2.29 bits per heavy atom. The summed E-state index contributed by atoms with van der Waals surface area (Å²) >= 11 is 5.72. The Kier molecular flexibility index (Phi) is 5.25. The summed E-state index contributed by atoms with van der Waals surface area (Å²) in [6.07, 6.45) is 2.56. The monoisotopic (exact) mass is 296 g/mol. The summed E-state index contributed by atoms with van der Waals surface area (Å²) in [5.41, 5.74) is 0. The molecule has 2 bridgehead atoms. The molecule has 17 heavy (non-hydrogen) atoms. The van der Waals surface area contributed by atoms with E-state index in [4.69, 9.17) is 11.6 Å². The van der Waals surface area contributed by atoms with Crippen LogP contribution in [0, 0.1) is 0 Å². The van der Waals surface area contributed by atoms with Gasteiger partial charge in [0.15, 0.2) is 11.0 Å². The normalized spacial score (nSPS) is 26.1. The maximum absolute atomic E-state index is 5.72. The molecule has 2 unspecified atom stereocenters. The second-order valence-corrected chi connectivity index (χ2v) is 4.64. The van der Waals surface area contributed by atoms with Crippen molar-refractivity contribution >= 4 is 42.2 Å². The fraction of sp³-hybridized carbons (Fsp3) is 0.600. The molecule has 2 fully saturated rings. The molecule has 2 atom stereocenters. The first-order chi connectivity index (χ1) is 7.31. The van der Waals surface area contributed by atoms with E-state index in [0.29, 0.717) is 17.2 Å². The highest BCUT2D eigenvalue weighted by Gasteiger charge is 2.32. The number of aromatic nitrogens is 2. The van der Waals surface area contributed by atoms with E-state index in [1.54, 1.807) is 6.07 Å². The van der Waals surface area contributed by atoms with Crippen molar-refractivity contribution in [2.45, 2.75) is 24.9 Å². The zero-order valence-corrected chi connectivity index (χ0v) is 11.6. The van der Waals surface area contributed by atoms with Crippen LogP contribution in [-0.4, -0.2) is 35.4 Å². The van der Waals surface area contributed by atoms with Crippen LogP contribution < -0.4 is 10.2 Å². The van der Waals surface area contributed by atoms with Gasteiger partial charge < -0.3 is 10.2 Å². The highest BCUT2D eigenvalue weighted by Crippen LogP contribution is 2.23. The van der Waals surface area contributed by atoms with Gasteiger partial charge in [0.2, 0.25) is 0 Å². The van der Waals surface area contributed by atoms with Crippen molar-refractivity contribution in [3.63, 3.8) is 0 Å². The molecule has 1 aromatic heterocycles. The summed E-state index contributed by atoms with van der Waals surface area (Å²) in [4.78, 5) is 2.29. The lowest BCUT2D eigenvalue weighted by molar-refractivity contribution is 0.462. The van der Waals surface area contributed by atoms with Crippen molar-refractivity contribution in [3.05, 3.63) is 17.3 Å². The number of piperazine rings is 1. The molecule has 96 valence electrons. The Morgan fingerprint density at radius 1 is 1.12 bits per heavy atom. The van der Waals surface area contributed by atoms with Crippen LogP contribution in [0.5, 0.6) is 0 Å². The molecule has 2 aliphatic rings. The van der Waals surface area contributed by atoms with Crippen molar-refractivity contribution in [3.8, 4) is 0 Å². The van der Waals surface area contributed by atoms with Gasteiger partial charge >= 0.3 is 0 Å². The third-order valence-electron chi connectivity index (χ3n) is 3.16. The molecular formula is C10H15Cl3N4. The van der Waals surface area contributed by atoms with Crippen LogP contribution in [0.15, 0.2) is 12.1 Å². The molecule has 4 nitrogen and oxygen atoms in total. The molecule has 3 heterocycles. The third kappa shape index (κ3) is 3.13. The van der Waals surface area contributed by atoms with E-state index in [1.807, 2.05) is 6.07 Å². The van der Waals surface area contributed by atoms with E-state index in [0.717, 1.165) is 18.9 Å². The number of halogens is 3. The van der Waals surface area contributed by atoms with E-state index >= 15 is 0 Å². The van der Waals surface area contributed by atoms with Crippen molar-refractivity contribution < 1.29 is 0 Å². The van der Waals surface area contributed by atoms with Gasteiger partial charge in [-0.25, -0.2) is 0 Å². The summed E-state index contributed by atoms with van der Waals surface area (Å²) in [6, 6.07) is 5.00. The number of nitrogens with zero attached hydrogens (tertiary/aromatic N) is 3. The van der Waals surface area contributed by atoms with E-state index in [2.05, 4.69) is 20.4 Å². The third-order valence-corrected chi connectivity index (χ3v) is 3.36. The number of rotatable bonds is 1. The Bertz CT molecular complexity index is 347. The van der Waals surface area contributed by atoms with E-state index in [1.165, 1.54) is 12.8 Å². The average Bonchev–Trinajstić information content (AvgIpc) is 2.59. The van der Waals surface area contributed by atoms with Gasteiger partial charge in [-0.1, -0.05) is 11.6 Å². The van der Waals surface area contributed by atoms with Gasteiger partial charge in [0, 0.05) is 25.2 Å². The molecule has 0 aromatic carbocycles. The molecule has 2 aliphatic heterocycles. The summed E-state index contributed by atoms with van der Waals surface area (Å²) < 4.78 is 0. The first kappa shape index (κ1) is 14.8. The molecule has 1 aromatic rings. The van der Waals surface area contributed by atoms with Crippen LogP contribution in [0.2, 0.25) is 5.15 Å². The minimum absolute atomic E-state index is 0. The van der Waals surface area contributed by atoms with Crippen LogP contribution in [0.4, 0.5) is 5.82 Å².